The number of esters is 1. The minimum Gasteiger partial charge on any atom is -0.481 e. The van der Waals surface area contributed by atoms with Gasteiger partial charge in [0.05, 0.1) is 18.9 Å². The van der Waals surface area contributed by atoms with Crippen molar-refractivity contribution in [3.05, 3.63) is 0 Å². The average Bonchev–Trinajstić information content (AvgIpc) is 2.87. The van der Waals surface area contributed by atoms with E-state index in [9.17, 15) is 14.4 Å². The maximum Gasteiger partial charge on any atom is 0.328 e. The highest BCUT2D eigenvalue weighted by molar-refractivity contribution is 5.93. The van der Waals surface area contributed by atoms with E-state index in [4.69, 9.17) is 5.11 Å². The second-order valence-electron chi connectivity index (χ2n) is 5.87. The molecule has 3 atom stereocenters. The molecule has 19 heavy (non-hydrogen) atoms. The minimum atomic E-state index is -0.982. The fourth-order valence-electron chi connectivity index (χ4n) is 2.46. The van der Waals surface area contributed by atoms with Gasteiger partial charge in [0, 0.05) is 0 Å². The summed E-state index contributed by atoms with van der Waals surface area (Å²) in [6.45, 7) is 7.04. The third-order valence-corrected chi connectivity index (χ3v) is 3.80. The molecule has 0 heterocycles. The minimum absolute atomic E-state index is 0.124. The third-order valence-electron chi connectivity index (χ3n) is 3.80. The monoisotopic (exact) mass is 271 g/mol. The predicted octanol–water partition coefficient (Wildman–Crippen LogP) is 0.657. The molecule has 6 heteroatoms. The molecule has 1 saturated carbocycles. The van der Waals surface area contributed by atoms with Crippen LogP contribution in [0.1, 0.15) is 27.7 Å². The number of rotatable bonds is 5. The molecular weight excluding hydrogens is 250 g/mol. The molecule has 2 N–H and O–H groups in total. The Labute approximate surface area is 112 Å². The van der Waals surface area contributed by atoms with E-state index < -0.39 is 41.1 Å². The fraction of sp³-hybridized carbons (Fsp3) is 0.769. The zero-order valence-corrected chi connectivity index (χ0v) is 11.9. The van der Waals surface area contributed by atoms with Crippen molar-refractivity contribution in [2.45, 2.75) is 33.7 Å². The lowest BCUT2D eigenvalue weighted by Crippen LogP contribution is -2.46. The topological polar surface area (TPSA) is 92.7 Å². The van der Waals surface area contributed by atoms with Crippen LogP contribution in [0.2, 0.25) is 0 Å². The molecule has 0 radical (unpaired) electrons. The van der Waals surface area contributed by atoms with E-state index in [0.29, 0.717) is 0 Å². The number of ether oxygens (including phenoxy) is 1. The van der Waals surface area contributed by atoms with Crippen LogP contribution in [0.3, 0.4) is 0 Å². The number of nitrogens with one attached hydrogen (secondary N) is 1. The highest BCUT2D eigenvalue weighted by Crippen LogP contribution is 2.58. The Balaban J connectivity index is 2.75. The van der Waals surface area contributed by atoms with Gasteiger partial charge in [0.2, 0.25) is 5.91 Å². The lowest BCUT2D eigenvalue weighted by molar-refractivity contribution is -0.146. The van der Waals surface area contributed by atoms with Crippen LogP contribution < -0.4 is 5.32 Å². The van der Waals surface area contributed by atoms with E-state index >= 15 is 0 Å². The van der Waals surface area contributed by atoms with Gasteiger partial charge in [-0.15, -0.1) is 0 Å². The van der Waals surface area contributed by atoms with Crippen molar-refractivity contribution >= 4 is 17.8 Å². The fourth-order valence-corrected chi connectivity index (χ4v) is 2.46. The number of aliphatic carboxylic acids is 1. The van der Waals surface area contributed by atoms with Crippen molar-refractivity contribution in [1.82, 2.24) is 5.32 Å². The van der Waals surface area contributed by atoms with Crippen LogP contribution in [-0.4, -0.2) is 36.1 Å². The molecule has 0 bridgehead atoms. The first-order valence-electron chi connectivity index (χ1n) is 6.25. The van der Waals surface area contributed by atoms with Gasteiger partial charge in [0.25, 0.3) is 0 Å². The Hall–Kier alpha value is -1.59. The molecule has 0 spiro atoms. The van der Waals surface area contributed by atoms with Gasteiger partial charge < -0.3 is 15.2 Å². The number of carboxylic acids is 1. The summed E-state index contributed by atoms with van der Waals surface area (Å²) in [7, 11) is 1.25. The zero-order chi connectivity index (χ0) is 15.0. The van der Waals surface area contributed by atoms with Crippen molar-refractivity contribution in [3.8, 4) is 0 Å². The van der Waals surface area contributed by atoms with Gasteiger partial charge in [-0.2, -0.15) is 0 Å². The van der Waals surface area contributed by atoms with Gasteiger partial charge in [0.1, 0.15) is 6.04 Å². The van der Waals surface area contributed by atoms with E-state index in [1.165, 1.54) is 7.11 Å². The van der Waals surface area contributed by atoms with Crippen LogP contribution in [0.4, 0.5) is 0 Å². The Morgan fingerprint density at radius 1 is 1.21 bits per heavy atom. The first-order valence-corrected chi connectivity index (χ1v) is 6.25. The van der Waals surface area contributed by atoms with Crippen LogP contribution in [0.15, 0.2) is 0 Å². The molecule has 1 aliphatic carbocycles. The molecule has 0 saturated heterocycles. The molecule has 1 amide bonds. The second kappa shape index (κ2) is 5.19. The number of carbonyl (C=O) groups excluding carboxylic acids is 2. The zero-order valence-electron chi connectivity index (χ0n) is 11.9. The van der Waals surface area contributed by atoms with E-state index in [1.807, 2.05) is 0 Å². The molecule has 6 nitrogen and oxygen atoms in total. The number of carboxylic acid groups (broad SMARTS) is 1. The summed E-state index contributed by atoms with van der Waals surface area (Å²) >= 11 is 0. The Bertz CT molecular complexity index is 402. The van der Waals surface area contributed by atoms with Crippen LogP contribution in [0.5, 0.6) is 0 Å². The first kappa shape index (κ1) is 15.5. The quantitative estimate of drug-likeness (QED) is 0.716. The van der Waals surface area contributed by atoms with Gasteiger partial charge in [-0.3, -0.25) is 9.59 Å². The van der Waals surface area contributed by atoms with Crippen LogP contribution in [0, 0.1) is 23.2 Å². The van der Waals surface area contributed by atoms with E-state index in [-0.39, 0.29) is 5.92 Å². The standard InChI is InChI=1S/C13H21NO5/c1-6(2)9(12(18)19-5)14-10(15)7-8(11(16)17)13(7,3)4/h6-9H,1-5H3,(H,14,15)(H,16,17)/t7-,8+,9+/m1/s1. The number of methoxy groups -OCH3 is 1. The maximum absolute atomic E-state index is 12.1. The van der Waals surface area contributed by atoms with Crippen molar-refractivity contribution < 1.29 is 24.2 Å². The van der Waals surface area contributed by atoms with Gasteiger partial charge in [-0.05, 0) is 11.3 Å². The van der Waals surface area contributed by atoms with Crippen LogP contribution >= 0.6 is 0 Å². The van der Waals surface area contributed by atoms with Crippen LogP contribution in [-0.2, 0) is 19.1 Å². The molecule has 1 fully saturated rings. The molecule has 1 aliphatic rings. The third kappa shape index (κ3) is 2.88. The maximum atomic E-state index is 12.1. The number of amides is 1. The highest BCUT2D eigenvalue weighted by atomic mass is 16.5. The summed E-state index contributed by atoms with van der Waals surface area (Å²) in [5.74, 6) is -3.32. The number of hydrogen-bond donors (Lipinski definition) is 2. The summed E-state index contributed by atoms with van der Waals surface area (Å²) in [6.07, 6.45) is 0. The summed E-state index contributed by atoms with van der Waals surface area (Å²) in [6, 6.07) is -0.747. The smallest absolute Gasteiger partial charge is 0.328 e. The normalized spacial score (nSPS) is 25.6. The van der Waals surface area contributed by atoms with Gasteiger partial charge in [-0.25, -0.2) is 4.79 Å². The van der Waals surface area contributed by atoms with Crippen molar-refractivity contribution in [2.75, 3.05) is 7.11 Å². The number of carbonyl (C=O) groups is 3. The van der Waals surface area contributed by atoms with Crippen molar-refractivity contribution in [2.24, 2.45) is 23.2 Å². The van der Waals surface area contributed by atoms with E-state index in [2.05, 4.69) is 10.1 Å². The highest BCUT2D eigenvalue weighted by Gasteiger charge is 2.66. The van der Waals surface area contributed by atoms with Crippen molar-refractivity contribution in [1.29, 1.82) is 0 Å². The second-order valence-corrected chi connectivity index (χ2v) is 5.87. The summed E-state index contributed by atoms with van der Waals surface area (Å²) in [5, 5.41) is 11.6. The summed E-state index contributed by atoms with van der Waals surface area (Å²) in [4.78, 5) is 34.7. The SMILES string of the molecule is COC(=O)[C@@H](NC(=O)[C@H]1[C@@H](C(=O)O)C1(C)C)C(C)C. The molecule has 0 aromatic heterocycles. The Kier molecular flexibility index (Phi) is 4.22. The molecule has 0 aromatic rings. The molecule has 1 rings (SSSR count). The molecule has 0 aliphatic heterocycles. The number of hydrogen-bond acceptors (Lipinski definition) is 4. The lowest BCUT2D eigenvalue weighted by Gasteiger charge is -2.20. The van der Waals surface area contributed by atoms with Crippen molar-refractivity contribution in [3.63, 3.8) is 0 Å². The molecule has 0 unspecified atom stereocenters. The van der Waals surface area contributed by atoms with E-state index in [1.54, 1.807) is 27.7 Å². The van der Waals surface area contributed by atoms with E-state index in [0.717, 1.165) is 0 Å². The molecule has 0 aromatic carbocycles. The van der Waals surface area contributed by atoms with Gasteiger partial charge in [0.15, 0.2) is 0 Å². The summed E-state index contributed by atoms with van der Waals surface area (Å²) in [5.41, 5.74) is -0.576. The summed E-state index contributed by atoms with van der Waals surface area (Å²) < 4.78 is 4.63. The Morgan fingerprint density at radius 2 is 1.74 bits per heavy atom. The lowest BCUT2D eigenvalue weighted by atomic mass is 10.0. The molecule has 108 valence electrons. The first-order chi connectivity index (χ1) is 8.64. The largest absolute Gasteiger partial charge is 0.481 e. The van der Waals surface area contributed by atoms with Gasteiger partial charge in [-0.1, -0.05) is 27.7 Å². The van der Waals surface area contributed by atoms with Gasteiger partial charge >= 0.3 is 11.9 Å². The average molecular weight is 271 g/mol. The Morgan fingerprint density at radius 3 is 2.05 bits per heavy atom. The predicted molar refractivity (Wildman–Crippen MR) is 67.2 cm³/mol. The van der Waals surface area contributed by atoms with Crippen LogP contribution in [0.25, 0.3) is 0 Å². The molecular formula is C13H21NO5.